The summed E-state index contributed by atoms with van der Waals surface area (Å²) in [6, 6.07) is 12.4. The molecule has 0 unspecified atom stereocenters. The van der Waals surface area contributed by atoms with Gasteiger partial charge in [0.2, 0.25) is 11.8 Å². The highest BCUT2D eigenvalue weighted by atomic mass is 32.1. The van der Waals surface area contributed by atoms with Gasteiger partial charge in [0, 0.05) is 24.3 Å². The number of anilines is 2. The summed E-state index contributed by atoms with van der Waals surface area (Å²) in [5.74, 6) is 0.116. The van der Waals surface area contributed by atoms with Crippen LogP contribution < -0.4 is 20.7 Å². The standard InChI is InChI=1S/C19H18N4O3S/c1-26-14-3-2-4-15-16(14)22-19(27-15)23-9-12(10-23)18(25)21-13-7-5-11(6-8-13)17(20)24/h2-8,12H,9-10H2,1H3,(H2,20,24)(H,21,25). The van der Waals surface area contributed by atoms with Gasteiger partial charge < -0.3 is 20.7 Å². The number of carbonyl (C=O) groups excluding carboxylic acids is 2. The van der Waals surface area contributed by atoms with E-state index in [4.69, 9.17) is 10.5 Å². The summed E-state index contributed by atoms with van der Waals surface area (Å²) in [4.78, 5) is 30.2. The van der Waals surface area contributed by atoms with Gasteiger partial charge in [-0.25, -0.2) is 4.98 Å². The Hall–Kier alpha value is -3.13. The van der Waals surface area contributed by atoms with Crippen LogP contribution in [0.1, 0.15) is 10.4 Å². The van der Waals surface area contributed by atoms with Gasteiger partial charge in [0.25, 0.3) is 0 Å². The number of ether oxygens (including phenoxy) is 1. The van der Waals surface area contributed by atoms with E-state index >= 15 is 0 Å². The molecule has 2 aromatic carbocycles. The van der Waals surface area contributed by atoms with Gasteiger partial charge in [-0.1, -0.05) is 17.4 Å². The number of hydrogen-bond donors (Lipinski definition) is 2. The van der Waals surface area contributed by atoms with Gasteiger partial charge in [-0.2, -0.15) is 0 Å². The topological polar surface area (TPSA) is 97.5 Å². The van der Waals surface area contributed by atoms with E-state index in [1.165, 1.54) is 0 Å². The lowest BCUT2D eigenvalue weighted by Crippen LogP contribution is -2.52. The van der Waals surface area contributed by atoms with Crippen molar-refractivity contribution < 1.29 is 14.3 Å². The second kappa shape index (κ2) is 6.88. The first-order chi connectivity index (χ1) is 13.0. The molecule has 1 aliphatic heterocycles. The Bertz CT molecular complexity index is 1010. The van der Waals surface area contributed by atoms with Crippen molar-refractivity contribution in [3.8, 4) is 5.75 Å². The lowest BCUT2D eigenvalue weighted by atomic mass is 10.00. The van der Waals surface area contributed by atoms with E-state index in [2.05, 4.69) is 15.2 Å². The fourth-order valence-electron chi connectivity index (χ4n) is 2.97. The van der Waals surface area contributed by atoms with Crippen LogP contribution in [-0.2, 0) is 4.79 Å². The molecule has 4 rings (SSSR count). The second-order valence-electron chi connectivity index (χ2n) is 6.34. The normalized spacial score (nSPS) is 14.0. The predicted molar refractivity (Wildman–Crippen MR) is 105 cm³/mol. The van der Waals surface area contributed by atoms with Crippen molar-refractivity contribution in [2.45, 2.75) is 0 Å². The number of nitrogens with two attached hydrogens (primary N) is 1. The maximum Gasteiger partial charge on any atom is 0.248 e. The number of amides is 2. The van der Waals surface area contributed by atoms with Gasteiger partial charge in [-0.3, -0.25) is 9.59 Å². The predicted octanol–water partition coefficient (Wildman–Crippen LogP) is 2.48. The van der Waals surface area contributed by atoms with Crippen LogP contribution >= 0.6 is 11.3 Å². The van der Waals surface area contributed by atoms with Crippen LogP contribution in [0.5, 0.6) is 5.75 Å². The molecular weight excluding hydrogens is 364 g/mol. The molecule has 1 fully saturated rings. The Morgan fingerprint density at radius 3 is 2.63 bits per heavy atom. The van der Waals surface area contributed by atoms with Crippen molar-refractivity contribution in [1.29, 1.82) is 0 Å². The van der Waals surface area contributed by atoms with Crippen molar-refractivity contribution >= 4 is 44.2 Å². The molecule has 1 aromatic heterocycles. The van der Waals surface area contributed by atoms with Crippen molar-refractivity contribution in [3.05, 3.63) is 48.0 Å². The fourth-order valence-corrected chi connectivity index (χ4v) is 3.98. The average Bonchev–Trinajstić information content (AvgIpc) is 3.04. The van der Waals surface area contributed by atoms with Crippen LogP contribution in [0.4, 0.5) is 10.8 Å². The van der Waals surface area contributed by atoms with Gasteiger partial charge in [-0.05, 0) is 36.4 Å². The SMILES string of the molecule is COc1cccc2sc(N3CC(C(=O)Nc4ccc(C(N)=O)cc4)C3)nc12. The van der Waals surface area contributed by atoms with Gasteiger partial charge in [0.15, 0.2) is 5.13 Å². The number of para-hydroxylation sites is 1. The minimum atomic E-state index is -0.491. The van der Waals surface area contributed by atoms with Crippen LogP contribution in [0.25, 0.3) is 10.2 Å². The number of benzene rings is 2. The minimum absolute atomic E-state index is 0.0447. The summed E-state index contributed by atoms with van der Waals surface area (Å²) in [5.41, 5.74) is 7.12. The van der Waals surface area contributed by atoms with Gasteiger partial charge in [0.1, 0.15) is 11.3 Å². The molecule has 3 aromatic rings. The number of nitrogens with one attached hydrogen (secondary N) is 1. The first-order valence-electron chi connectivity index (χ1n) is 8.44. The second-order valence-corrected chi connectivity index (χ2v) is 7.35. The largest absolute Gasteiger partial charge is 0.494 e. The number of aromatic nitrogens is 1. The molecule has 1 aliphatic rings. The number of methoxy groups -OCH3 is 1. The lowest BCUT2D eigenvalue weighted by Gasteiger charge is -2.37. The van der Waals surface area contributed by atoms with Gasteiger partial charge in [-0.15, -0.1) is 0 Å². The Labute approximate surface area is 159 Å². The molecule has 138 valence electrons. The van der Waals surface area contributed by atoms with E-state index in [9.17, 15) is 9.59 Å². The first-order valence-corrected chi connectivity index (χ1v) is 9.26. The molecule has 2 amide bonds. The van der Waals surface area contributed by atoms with Crippen molar-refractivity contribution in [2.75, 3.05) is 30.4 Å². The van der Waals surface area contributed by atoms with Crippen LogP contribution in [0, 0.1) is 5.92 Å². The van der Waals surface area contributed by atoms with E-state index in [0.717, 1.165) is 21.1 Å². The Kier molecular flexibility index (Phi) is 4.41. The molecule has 1 saturated heterocycles. The smallest absolute Gasteiger partial charge is 0.248 e. The Morgan fingerprint density at radius 2 is 1.96 bits per heavy atom. The van der Waals surface area contributed by atoms with E-state index in [-0.39, 0.29) is 11.8 Å². The number of rotatable bonds is 5. The van der Waals surface area contributed by atoms with Crippen LogP contribution in [0.3, 0.4) is 0 Å². The number of primary amides is 1. The Balaban J connectivity index is 1.39. The lowest BCUT2D eigenvalue weighted by molar-refractivity contribution is -0.120. The highest BCUT2D eigenvalue weighted by molar-refractivity contribution is 7.22. The summed E-state index contributed by atoms with van der Waals surface area (Å²) >= 11 is 1.59. The van der Waals surface area contributed by atoms with E-state index in [0.29, 0.717) is 24.3 Å². The zero-order valence-electron chi connectivity index (χ0n) is 14.6. The molecule has 0 bridgehead atoms. The summed E-state index contributed by atoms with van der Waals surface area (Å²) in [5, 5.41) is 3.77. The number of carbonyl (C=O) groups is 2. The van der Waals surface area contributed by atoms with Crippen molar-refractivity contribution in [1.82, 2.24) is 4.98 Å². The number of thiazole rings is 1. The summed E-state index contributed by atoms with van der Waals surface area (Å²) in [7, 11) is 1.63. The van der Waals surface area contributed by atoms with Crippen LogP contribution in [-0.4, -0.2) is 37.0 Å². The van der Waals surface area contributed by atoms with Crippen molar-refractivity contribution in [3.63, 3.8) is 0 Å². The average molecular weight is 382 g/mol. The molecular formula is C19H18N4O3S. The molecule has 0 spiro atoms. The molecule has 7 nitrogen and oxygen atoms in total. The van der Waals surface area contributed by atoms with Crippen LogP contribution in [0.2, 0.25) is 0 Å². The molecule has 8 heteroatoms. The van der Waals surface area contributed by atoms with E-state index in [1.54, 1.807) is 42.7 Å². The third-order valence-corrected chi connectivity index (χ3v) is 5.63. The van der Waals surface area contributed by atoms with Gasteiger partial charge in [0.05, 0.1) is 17.7 Å². The molecule has 0 atom stereocenters. The molecule has 2 heterocycles. The van der Waals surface area contributed by atoms with E-state index in [1.807, 2.05) is 18.2 Å². The van der Waals surface area contributed by atoms with Crippen LogP contribution in [0.15, 0.2) is 42.5 Å². The molecule has 27 heavy (non-hydrogen) atoms. The van der Waals surface area contributed by atoms with E-state index < -0.39 is 5.91 Å². The third-order valence-electron chi connectivity index (χ3n) is 4.55. The molecule has 3 N–H and O–H groups in total. The molecule has 0 saturated carbocycles. The molecule has 0 aliphatic carbocycles. The third kappa shape index (κ3) is 3.31. The fraction of sp³-hybridized carbons (Fsp3) is 0.211. The number of hydrogen-bond acceptors (Lipinski definition) is 6. The maximum atomic E-state index is 12.4. The maximum absolute atomic E-state index is 12.4. The van der Waals surface area contributed by atoms with Crippen molar-refractivity contribution in [2.24, 2.45) is 11.7 Å². The highest BCUT2D eigenvalue weighted by Crippen LogP contribution is 2.36. The van der Waals surface area contributed by atoms with Gasteiger partial charge >= 0.3 is 0 Å². The zero-order chi connectivity index (χ0) is 19.0. The zero-order valence-corrected chi connectivity index (χ0v) is 15.5. The Morgan fingerprint density at radius 1 is 1.22 bits per heavy atom. The minimum Gasteiger partial charge on any atom is -0.494 e. The molecule has 0 radical (unpaired) electrons. The number of fused-ring (bicyclic) bond motifs is 1. The monoisotopic (exact) mass is 382 g/mol. The summed E-state index contributed by atoms with van der Waals surface area (Å²) in [6.07, 6.45) is 0. The highest BCUT2D eigenvalue weighted by Gasteiger charge is 2.34. The number of nitrogens with zero attached hydrogens (tertiary/aromatic N) is 2. The summed E-state index contributed by atoms with van der Waals surface area (Å²) in [6.45, 7) is 1.24. The quantitative estimate of drug-likeness (QED) is 0.706. The first kappa shape index (κ1) is 17.3. The summed E-state index contributed by atoms with van der Waals surface area (Å²) < 4.78 is 6.42.